The van der Waals surface area contributed by atoms with E-state index in [-0.39, 0.29) is 28.8 Å². The van der Waals surface area contributed by atoms with E-state index in [4.69, 9.17) is 15.3 Å². The lowest BCUT2D eigenvalue weighted by Crippen LogP contribution is -2.70. The van der Waals surface area contributed by atoms with Crippen LogP contribution in [0.1, 0.15) is 18.2 Å². The van der Waals surface area contributed by atoms with Gasteiger partial charge in [-0.25, -0.2) is 9.78 Å². The molecule has 1 saturated heterocycles. The zero-order valence-corrected chi connectivity index (χ0v) is 20.6. The number of carbonyl (C=O) groups is 3. The van der Waals surface area contributed by atoms with E-state index in [9.17, 15) is 14.4 Å². The van der Waals surface area contributed by atoms with Crippen LogP contribution in [0.15, 0.2) is 58.2 Å². The molecule has 2 aliphatic rings. The number of nitrogens with two attached hydrogens (primary N) is 1. The second-order valence-electron chi connectivity index (χ2n) is 7.64. The summed E-state index contributed by atoms with van der Waals surface area (Å²) in [6, 6.07) is 8.86. The van der Waals surface area contributed by atoms with E-state index in [2.05, 4.69) is 15.5 Å². The fourth-order valence-corrected chi connectivity index (χ4v) is 5.30. The van der Waals surface area contributed by atoms with Crippen LogP contribution in [0.2, 0.25) is 0 Å². The predicted molar refractivity (Wildman–Crippen MR) is 134 cm³/mol. The van der Waals surface area contributed by atoms with Gasteiger partial charge in [0.05, 0.1) is 0 Å². The number of thioether (sulfide) groups is 1. The van der Waals surface area contributed by atoms with Gasteiger partial charge >= 0.3 is 5.97 Å². The summed E-state index contributed by atoms with van der Waals surface area (Å²) in [6.07, 6.45) is 3.59. The van der Waals surface area contributed by atoms with Crippen molar-refractivity contribution in [3.05, 3.63) is 64.3 Å². The van der Waals surface area contributed by atoms with Crippen LogP contribution >= 0.6 is 23.1 Å². The zero-order valence-electron chi connectivity index (χ0n) is 19.0. The van der Waals surface area contributed by atoms with Crippen molar-refractivity contribution >= 4 is 57.8 Å². The first-order valence-electron chi connectivity index (χ1n) is 10.6. The van der Waals surface area contributed by atoms with Gasteiger partial charge in [-0.2, -0.15) is 0 Å². The van der Waals surface area contributed by atoms with E-state index in [0.29, 0.717) is 5.75 Å². The van der Waals surface area contributed by atoms with Crippen LogP contribution in [0.3, 0.4) is 0 Å². The Kier molecular flexibility index (Phi) is 7.51. The number of aromatic nitrogens is 1. The number of carbonyl (C=O) groups excluding carboxylic acids is 3. The van der Waals surface area contributed by atoms with Crippen LogP contribution in [0.5, 0.6) is 0 Å². The number of anilines is 1. The first kappa shape index (κ1) is 24.5. The van der Waals surface area contributed by atoms with Gasteiger partial charge < -0.3 is 20.6 Å². The van der Waals surface area contributed by atoms with Crippen molar-refractivity contribution in [2.45, 2.75) is 18.3 Å². The van der Waals surface area contributed by atoms with Crippen LogP contribution in [-0.4, -0.2) is 64.3 Å². The summed E-state index contributed by atoms with van der Waals surface area (Å²) in [5.41, 5.74) is 7.84. The van der Waals surface area contributed by atoms with Gasteiger partial charge in [0.25, 0.3) is 11.8 Å². The van der Waals surface area contributed by atoms with Gasteiger partial charge in [0.15, 0.2) is 10.8 Å². The van der Waals surface area contributed by atoms with Crippen molar-refractivity contribution in [2.24, 2.45) is 5.16 Å². The molecule has 4 rings (SSSR count). The molecule has 2 amide bonds. The number of esters is 1. The molecule has 1 fully saturated rings. The van der Waals surface area contributed by atoms with Gasteiger partial charge in [-0.05, 0) is 24.1 Å². The van der Waals surface area contributed by atoms with Crippen molar-refractivity contribution in [1.29, 1.82) is 0 Å². The number of rotatable bonds is 8. The van der Waals surface area contributed by atoms with Gasteiger partial charge in [0.2, 0.25) is 0 Å². The monoisotopic (exact) mass is 513 g/mol. The number of ether oxygens (including phenoxy) is 1. The molecule has 1 aromatic heterocycles. The number of hydrogen-bond acceptors (Lipinski definition) is 10. The van der Waals surface area contributed by atoms with Gasteiger partial charge in [-0.15, -0.1) is 23.1 Å². The second kappa shape index (κ2) is 10.7. The van der Waals surface area contributed by atoms with Gasteiger partial charge in [-0.3, -0.25) is 14.5 Å². The number of oxime groups is 1. The summed E-state index contributed by atoms with van der Waals surface area (Å²) >= 11 is 2.58. The van der Waals surface area contributed by atoms with Crippen molar-refractivity contribution < 1.29 is 24.0 Å². The van der Waals surface area contributed by atoms with Gasteiger partial charge in [0.1, 0.15) is 36.5 Å². The maximum absolute atomic E-state index is 12.9. The first-order chi connectivity index (χ1) is 16.9. The average molecular weight is 514 g/mol. The first-order valence-corrected chi connectivity index (χ1v) is 12.5. The second-order valence-corrected chi connectivity index (χ2v) is 9.68. The van der Waals surface area contributed by atoms with E-state index in [1.807, 2.05) is 43.3 Å². The molecule has 0 radical (unpaired) electrons. The SMILES string of the molecule is CON=C(C(=O)NC1C(=O)N2C(C(=O)OCC(C)=Cc3ccccc3)=CCS[C@H]12)c1csc(N)n1. The quantitative estimate of drug-likeness (QED) is 0.237. The molecule has 1 unspecified atom stereocenters. The lowest BCUT2D eigenvalue weighted by molar-refractivity contribution is -0.152. The molecule has 0 bridgehead atoms. The smallest absolute Gasteiger partial charge is 0.355 e. The molecule has 3 heterocycles. The van der Waals surface area contributed by atoms with Gasteiger partial charge in [0, 0.05) is 11.1 Å². The number of benzene rings is 1. The maximum Gasteiger partial charge on any atom is 0.355 e. The summed E-state index contributed by atoms with van der Waals surface area (Å²) in [4.78, 5) is 48.6. The van der Waals surface area contributed by atoms with Crippen LogP contribution in [-0.2, 0) is 24.0 Å². The van der Waals surface area contributed by atoms with E-state index >= 15 is 0 Å². The van der Waals surface area contributed by atoms with Crippen LogP contribution < -0.4 is 11.1 Å². The summed E-state index contributed by atoms with van der Waals surface area (Å²) < 4.78 is 5.44. The molecular weight excluding hydrogens is 490 g/mol. The molecule has 2 aromatic rings. The average Bonchev–Trinajstić information content (AvgIpc) is 3.29. The highest BCUT2D eigenvalue weighted by molar-refractivity contribution is 8.00. The number of β-lactam (4-membered cyclic amide) rings is 1. The predicted octanol–water partition coefficient (Wildman–Crippen LogP) is 2.01. The molecule has 182 valence electrons. The largest absolute Gasteiger partial charge is 0.457 e. The zero-order chi connectivity index (χ0) is 24.9. The van der Waals surface area contributed by atoms with Crippen molar-refractivity contribution in [3.63, 3.8) is 0 Å². The van der Waals surface area contributed by atoms with Crippen molar-refractivity contribution in [3.8, 4) is 0 Å². The Morgan fingerprint density at radius 3 is 2.80 bits per heavy atom. The number of hydrogen-bond donors (Lipinski definition) is 2. The Bertz CT molecular complexity index is 1220. The lowest BCUT2D eigenvalue weighted by Gasteiger charge is -2.48. The number of nitrogens with zero attached hydrogens (tertiary/aromatic N) is 3. The molecule has 3 N–H and O–H groups in total. The minimum atomic E-state index is -0.832. The van der Waals surface area contributed by atoms with E-state index < -0.39 is 29.2 Å². The Morgan fingerprint density at radius 1 is 1.34 bits per heavy atom. The molecule has 0 saturated carbocycles. The highest BCUT2D eigenvalue weighted by Gasteiger charge is 2.53. The van der Waals surface area contributed by atoms with E-state index in [1.165, 1.54) is 23.8 Å². The van der Waals surface area contributed by atoms with E-state index in [0.717, 1.165) is 22.5 Å². The third kappa shape index (κ3) is 5.38. The van der Waals surface area contributed by atoms with Crippen LogP contribution in [0, 0.1) is 0 Å². The summed E-state index contributed by atoms with van der Waals surface area (Å²) in [7, 11) is 1.30. The summed E-state index contributed by atoms with van der Waals surface area (Å²) in [5.74, 6) is -1.14. The molecule has 2 atom stereocenters. The van der Waals surface area contributed by atoms with Crippen molar-refractivity contribution in [1.82, 2.24) is 15.2 Å². The molecular formula is C23H23N5O5S2. The highest BCUT2D eigenvalue weighted by atomic mass is 32.2. The number of fused-ring (bicyclic) bond motifs is 1. The fraction of sp³-hybridized carbons (Fsp3) is 0.261. The fourth-order valence-electron chi connectivity index (χ4n) is 3.56. The summed E-state index contributed by atoms with van der Waals surface area (Å²) in [6.45, 7) is 1.96. The number of nitrogens with one attached hydrogen (secondary N) is 1. The molecule has 1 aromatic carbocycles. The Hall–Kier alpha value is -3.64. The Balaban J connectivity index is 1.38. The highest BCUT2D eigenvalue weighted by Crippen LogP contribution is 2.37. The number of nitrogen functional groups attached to an aromatic ring is 1. The number of thiazole rings is 1. The third-order valence-electron chi connectivity index (χ3n) is 5.15. The standard InChI is InChI=1S/C23H23N5O5S2/c1-13(10-14-6-4-3-5-7-14)11-33-22(31)16-8-9-34-21-18(20(30)28(16)21)26-19(29)17(27-32-2)15-12-35-23(24)25-15/h3-8,10,12,18,21H,9,11H2,1-2H3,(H2,24,25)(H,26,29)/t18?,21-/m1/s1. The molecule has 35 heavy (non-hydrogen) atoms. The Labute approximate surface area is 209 Å². The minimum absolute atomic E-state index is 0.0941. The molecule has 2 aliphatic heterocycles. The van der Waals surface area contributed by atoms with Gasteiger partial charge in [-0.1, -0.05) is 41.6 Å². The lowest BCUT2D eigenvalue weighted by atomic mass is 10.0. The Morgan fingerprint density at radius 2 is 2.11 bits per heavy atom. The number of amides is 2. The minimum Gasteiger partial charge on any atom is -0.457 e. The molecule has 0 aliphatic carbocycles. The topological polar surface area (TPSA) is 136 Å². The third-order valence-corrected chi connectivity index (χ3v) is 7.01. The normalized spacial score (nSPS) is 19.9. The molecule has 12 heteroatoms. The molecule has 0 spiro atoms. The summed E-state index contributed by atoms with van der Waals surface area (Å²) in [5, 5.41) is 7.80. The molecule has 10 nitrogen and oxygen atoms in total. The van der Waals surface area contributed by atoms with Crippen molar-refractivity contribution in [2.75, 3.05) is 25.2 Å². The van der Waals surface area contributed by atoms with Crippen LogP contribution in [0.4, 0.5) is 5.13 Å². The maximum atomic E-state index is 12.9. The van der Waals surface area contributed by atoms with Crippen LogP contribution in [0.25, 0.3) is 6.08 Å². The van der Waals surface area contributed by atoms with E-state index in [1.54, 1.807) is 11.5 Å².